The van der Waals surface area contributed by atoms with Crippen LogP contribution in [0.2, 0.25) is 0 Å². The van der Waals surface area contributed by atoms with Gasteiger partial charge in [-0.1, -0.05) is 0 Å². The van der Waals surface area contributed by atoms with E-state index in [2.05, 4.69) is 10.2 Å². The summed E-state index contributed by atoms with van der Waals surface area (Å²) in [6.45, 7) is 1.52. The van der Waals surface area contributed by atoms with Crippen molar-refractivity contribution in [3.05, 3.63) is 60.3 Å². The van der Waals surface area contributed by atoms with E-state index in [0.29, 0.717) is 11.4 Å². The highest BCUT2D eigenvalue weighted by Gasteiger charge is 2.59. The smallest absolute Gasteiger partial charge is 0.261 e. The van der Waals surface area contributed by atoms with E-state index in [4.69, 9.17) is 19.2 Å². The Balaban J connectivity index is 1.52. The van der Waals surface area contributed by atoms with Gasteiger partial charge in [-0.15, -0.1) is 0 Å². The third-order valence-electron chi connectivity index (χ3n) is 6.02. The molecule has 1 spiro atoms. The summed E-state index contributed by atoms with van der Waals surface area (Å²) in [4.78, 5) is 32.7. The number of amides is 2. The maximum absolute atomic E-state index is 13.3. The minimum Gasteiger partial charge on any atom is -0.497 e. The molecule has 0 aliphatic carbocycles. The molecular weight excluding hydrogens is 438 g/mol. The zero-order chi connectivity index (χ0) is 23.9. The highest BCUT2D eigenvalue weighted by atomic mass is 16.5. The summed E-state index contributed by atoms with van der Waals surface area (Å²) >= 11 is 0. The Labute approximate surface area is 195 Å². The largest absolute Gasteiger partial charge is 0.497 e. The number of aromatic nitrogens is 3. The van der Waals surface area contributed by atoms with E-state index >= 15 is 0 Å². The number of benzene rings is 2. The second-order valence-electron chi connectivity index (χ2n) is 8.05. The first-order chi connectivity index (χ1) is 16.4. The van der Waals surface area contributed by atoms with Crippen molar-refractivity contribution in [1.29, 1.82) is 0 Å². The molecule has 34 heavy (non-hydrogen) atoms. The van der Waals surface area contributed by atoms with Crippen LogP contribution in [0.15, 0.2) is 59.7 Å². The van der Waals surface area contributed by atoms with Crippen LogP contribution in [0, 0.1) is 0 Å². The molecule has 2 aromatic carbocycles. The van der Waals surface area contributed by atoms with Crippen LogP contribution < -0.4 is 9.47 Å². The summed E-state index contributed by atoms with van der Waals surface area (Å²) in [5, 5.41) is 8.89. The molecule has 2 atom stereocenters. The summed E-state index contributed by atoms with van der Waals surface area (Å²) < 4.78 is 16.5. The molecule has 2 aliphatic heterocycles. The van der Waals surface area contributed by atoms with E-state index in [1.165, 1.54) is 11.7 Å². The molecule has 0 bridgehead atoms. The number of hydrogen-bond acceptors (Lipinski definition) is 8. The topological polar surface area (TPSA) is 108 Å². The van der Waals surface area contributed by atoms with E-state index in [-0.39, 0.29) is 19.1 Å². The van der Waals surface area contributed by atoms with Crippen molar-refractivity contribution in [1.82, 2.24) is 19.9 Å². The third kappa shape index (κ3) is 3.61. The van der Waals surface area contributed by atoms with Crippen LogP contribution in [-0.4, -0.2) is 70.5 Å². The maximum atomic E-state index is 13.3. The Hall–Kier alpha value is -4.05. The van der Waals surface area contributed by atoms with Crippen molar-refractivity contribution in [2.24, 2.45) is 4.99 Å². The first kappa shape index (κ1) is 21.8. The fourth-order valence-corrected chi connectivity index (χ4v) is 4.21. The summed E-state index contributed by atoms with van der Waals surface area (Å²) in [6.07, 6.45) is 1.57. The van der Waals surface area contributed by atoms with E-state index in [0.717, 1.165) is 27.5 Å². The second kappa shape index (κ2) is 8.38. The van der Waals surface area contributed by atoms with E-state index in [1.54, 1.807) is 20.4 Å². The van der Waals surface area contributed by atoms with Gasteiger partial charge < -0.3 is 14.2 Å². The maximum Gasteiger partial charge on any atom is 0.261 e. The van der Waals surface area contributed by atoms with Crippen molar-refractivity contribution in [2.75, 3.05) is 27.4 Å². The molecule has 0 saturated carbocycles. The number of carbonyl (C=O) groups is 2. The van der Waals surface area contributed by atoms with E-state index in [9.17, 15) is 9.59 Å². The number of aliphatic imine (C=N–C) groups is 1. The van der Waals surface area contributed by atoms with Gasteiger partial charge in [0.15, 0.2) is 0 Å². The quantitative estimate of drug-likeness (QED) is 0.573. The third-order valence-corrected chi connectivity index (χ3v) is 6.02. The Bertz CT molecular complexity index is 1270. The fraction of sp³-hybridized carbons (Fsp3) is 0.292. The van der Waals surface area contributed by atoms with Gasteiger partial charge in [0, 0.05) is 12.5 Å². The molecule has 1 fully saturated rings. The lowest BCUT2D eigenvalue weighted by Gasteiger charge is -2.23. The van der Waals surface area contributed by atoms with Crippen LogP contribution in [0.1, 0.15) is 18.5 Å². The lowest BCUT2D eigenvalue weighted by Crippen LogP contribution is -2.39. The van der Waals surface area contributed by atoms with Crippen LogP contribution in [0.25, 0.3) is 11.3 Å². The molecule has 174 valence electrons. The zero-order valence-electron chi connectivity index (χ0n) is 19.0. The van der Waals surface area contributed by atoms with Crippen LogP contribution in [0.5, 0.6) is 11.5 Å². The predicted molar refractivity (Wildman–Crippen MR) is 122 cm³/mol. The first-order valence-corrected chi connectivity index (χ1v) is 10.7. The van der Waals surface area contributed by atoms with Gasteiger partial charge in [0.1, 0.15) is 17.2 Å². The van der Waals surface area contributed by atoms with Crippen molar-refractivity contribution in [3.63, 3.8) is 0 Å². The van der Waals surface area contributed by atoms with E-state index in [1.807, 2.05) is 48.5 Å². The van der Waals surface area contributed by atoms with Crippen LogP contribution in [0.3, 0.4) is 0 Å². The number of hydrogen-bond donors (Lipinski definition) is 0. The monoisotopic (exact) mass is 461 g/mol. The predicted octanol–water partition coefficient (Wildman–Crippen LogP) is 2.11. The minimum atomic E-state index is -1.31. The average Bonchev–Trinajstić information content (AvgIpc) is 3.57. The van der Waals surface area contributed by atoms with Crippen LogP contribution in [-0.2, 0) is 14.3 Å². The summed E-state index contributed by atoms with van der Waals surface area (Å²) in [7, 11) is 3.20. The number of imide groups is 1. The lowest BCUT2D eigenvalue weighted by atomic mass is 10.1. The van der Waals surface area contributed by atoms with Gasteiger partial charge in [0.2, 0.25) is 17.7 Å². The molecule has 10 heteroatoms. The minimum absolute atomic E-state index is 0.00903. The van der Waals surface area contributed by atoms with Gasteiger partial charge in [-0.05, 0) is 54.1 Å². The standard InChI is InChI=1S/C24H23N5O5/c1-15(30)28-14-24(26-21(13-34-24)17-6-10-19(33-3)11-7-17)22(23(28)31)29-25-12-20(27-29)16-4-8-18(32-2)9-5-16/h4-12,22H,13-14H2,1-3H3. The normalized spacial score (nSPS) is 21.7. The fourth-order valence-electron chi connectivity index (χ4n) is 4.21. The summed E-state index contributed by atoms with van der Waals surface area (Å²) in [5.41, 5.74) is 1.59. The zero-order valence-corrected chi connectivity index (χ0v) is 19.0. The number of likely N-dealkylation sites (tertiary alicyclic amines) is 1. The highest BCUT2D eigenvalue weighted by Crippen LogP contribution is 2.40. The van der Waals surface area contributed by atoms with Gasteiger partial charge in [0.05, 0.1) is 39.3 Å². The Morgan fingerprint density at radius 3 is 2.24 bits per heavy atom. The van der Waals surface area contributed by atoms with E-state index < -0.39 is 17.7 Å². The number of ether oxygens (including phenoxy) is 3. The number of rotatable bonds is 5. The molecule has 2 amide bonds. The van der Waals surface area contributed by atoms with Crippen molar-refractivity contribution in [3.8, 4) is 22.8 Å². The molecule has 2 aliphatic rings. The highest BCUT2D eigenvalue weighted by molar-refractivity contribution is 6.04. The molecule has 0 N–H and O–H groups in total. The van der Waals surface area contributed by atoms with Crippen molar-refractivity contribution < 1.29 is 23.8 Å². The summed E-state index contributed by atoms with van der Waals surface area (Å²) in [6, 6.07) is 13.8. The Morgan fingerprint density at radius 1 is 1.03 bits per heavy atom. The van der Waals surface area contributed by atoms with Crippen LogP contribution in [0.4, 0.5) is 0 Å². The van der Waals surface area contributed by atoms with Crippen molar-refractivity contribution >= 4 is 17.5 Å². The molecule has 0 radical (unpaired) electrons. The van der Waals surface area contributed by atoms with Gasteiger partial charge in [-0.3, -0.25) is 14.5 Å². The van der Waals surface area contributed by atoms with Gasteiger partial charge >= 0.3 is 0 Å². The molecule has 2 unspecified atom stereocenters. The molecule has 3 heterocycles. The number of methoxy groups -OCH3 is 2. The SMILES string of the molecule is COc1ccc(C2=NC3(CN(C(C)=O)C(=O)C3n3ncc(-c4ccc(OC)cc4)n3)OC2)cc1. The average molecular weight is 461 g/mol. The molecular formula is C24H23N5O5. The molecule has 3 aromatic rings. The number of nitrogens with zero attached hydrogens (tertiary/aromatic N) is 5. The van der Waals surface area contributed by atoms with Gasteiger partial charge in [-0.2, -0.15) is 15.0 Å². The van der Waals surface area contributed by atoms with Crippen LogP contribution >= 0.6 is 0 Å². The van der Waals surface area contributed by atoms with Crippen molar-refractivity contribution in [2.45, 2.75) is 18.7 Å². The second-order valence-corrected chi connectivity index (χ2v) is 8.05. The summed E-state index contributed by atoms with van der Waals surface area (Å²) in [5.74, 6) is 0.606. The first-order valence-electron chi connectivity index (χ1n) is 10.7. The lowest BCUT2D eigenvalue weighted by molar-refractivity contribution is -0.142. The molecule has 5 rings (SSSR count). The molecule has 1 aromatic heterocycles. The van der Waals surface area contributed by atoms with Gasteiger partial charge in [-0.25, -0.2) is 4.99 Å². The number of carbonyl (C=O) groups excluding carboxylic acids is 2. The Kier molecular flexibility index (Phi) is 5.37. The van der Waals surface area contributed by atoms with Gasteiger partial charge in [0.25, 0.3) is 5.91 Å². The molecule has 1 saturated heterocycles. The molecule has 10 nitrogen and oxygen atoms in total. The Morgan fingerprint density at radius 2 is 1.65 bits per heavy atom.